The second-order valence-corrected chi connectivity index (χ2v) is 6.09. The molecular formula is C20H17BrClN. The number of aromatic nitrogens is 1. The minimum atomic E-state index is 0. The van der Waals surface area contributed by atoms with E-state index in [1.165, 1.54) is 16.7 Å². The van der Waals surface area contributed by atoms with Gasteiger partial charge in [0.05, 0.1) is 0 Å². The highest BCUT2D eigenvalue weighted by Gasteiger charge is 2.01. The third kappa shape index (κ3) is 5.34. The minimum absolute atomic E-state index is 0. The van der Waals surface area contributed by atoms with Crippen LogP contribution >= 0.6 is 15.9 Å². The van der Waals surface area contributed by atoms with E-state index in [0.29, 0.717) is 0 Å². The van der Waals surface area contributed by atoms with Gasteiger partial charge in [-0.2, -0.15) is 0 Å². The molecule has 0 spiro atoms. The van der Waals surface area contributed by atoms with Crippen molar-refractivity contribution in [1.82, 2.24) is 0 Å². The van der Waals surface area contributed by atoms with Crippen molar-refractivity contribution < 1.29 is 17.0 Å². The van der Waals surface area contributed by atoms with E-state index >= 15 is 0 Å². The molecule has 0 radical (unpaired) electrons. The SMILES string of the molecule is Brc1ccc(/C=C/c2cc[n+](Cc3ccccc3)cc2)cc1.[Cl-]. The van der Waals surface area contributed by atoms with Crippen LogP contribution in [0.1, 0.15) is 16.7 Å². The number of pyridine rings is 1. The summed E-state index contributed by atoms with van der Waals surface area (Å²) in [7, 11) is 0. The van der Waals surface area contributed by atoms with Crippen LogP contribution in [0, 0.1) is 0 Å². The van der Waals surface area contributed by atoms with Gasteiger partial charge in [-0.1, -0.05) is 70.5 Å². The summed E-state index contributed by atoms with van der Waals surface area (Å²) in [5, 5.41) is 0. The smallest absolute Gasteiger partial charge is 0.173 e. The molecule has 23 heavy (non-hydrogen) atoms. The molecule has 1 nitrogen and oxygen atoms in total. The third-order valence-electron chi connectivity index (χ3n) is 3.46. The third-order valence-corrected chi connectivity index (χ3v) is 3.99. The van der Waals surface area contributed by atoms with E-state index in [9.17, 15) is 0 Å². The van der Waals surface area contributed by atoms with Crippen molar-refractivity contribution in [1.29, 1.82) is 0 Å². The van der Waals surface area contributed by atoms with Crippen molar-refractivity contribution in [2.24, 2.45) is 0 Å². The monoisotopic (exact) mass is 385 g/mol. The van der Waals surface area contributed by atoms with E-state index in [1.54, 1.807) is 0 Å². The van der Waals surface area contributed by atoms with E-state index in [0.717, 1.165) is 11.0 Å². The number of nitrogens with zero attached hydrogens (tertiary/aromatic N) is 1. The fourth-order valence-electron chi connectivity index (χ4n) is 2.25. The Bertz CT molecular complexity index is 750. The van der Waals surface area contributed by atoms with Gasteiger partial charge in [-0.3, -0.25) is 0 Å². The van der Waals surface area contributed by atoms with Crippen molar-refractivity contribution in [3.63, 3.8) is 0 Å². The average molecular weight is 387 g/mol. The van der Waals surface area contributed by atoms with E-state index in [2.05, 4.69) is 106 Å². The first-order chi connectivity index (χ1) is 10.8. The maximum atomic E-state index is 3.45. The quantitative estimate of drug-likeness (QED) is 0.604. The fourth-order valence-corrected chi connectivity index (χ4v) is 2.51. The van der Waals surface area contributed by atoms with Gasteiger partial charge in [-0.15, -0.1) is 0 Å². The largest absolute Gasteiger partial charge is 1.00 e. The lowest BCUT2D eigenvalue weighted by Crippen LogP contribution is -3.00. The second kappa shape index (κ2) is 8.66. The molecule has 0 fully saturated rings. The normalized spacial score (nSPS) is 10.5. The summed E-state index contributed by atoms with van der Waals surface area (Å²) in [5.41, 5.74) is 3.71. The number of rotatable bonds is 4. The van der Waals surface area contributed by atoms with Crippen LogP contribution in [0.2, 0.25) is 0 Å². The van der Waals surface area contributed by atoms with Crippen molar-refractivity contribution in [2.75, 3.05) is 0 Å². The van der Waals surface area contributed by atoms with E-state index < -0.39 is 0 Å². The molecule has 3 rings (SSSR count). The molecule has 0 aliphatic carbocycles. The minimum Gasteiger partial charge on any atom is -1.00 e. The molecular weight excluding hydrogens is 370 g/mol. The van der Waals surface area contributed by atoms with Crippen LogP contribution in [0.25, 0.3) is 12.2 Å². The molecule has 3 heteroatoms. The molecule has 0 N–H and O–H groups in total. The van der Waals surface area contributed by atoms with Crippen LogP contribution in [-0.2, 0) is 6.54 Å². The molecule has 1 heterocycles. The number of benzene rings is 2. The number of halogens is 2. The predicted octanol–water partition coefficient (Wildman–Crippen LogP) is 1.96. The van der Waals surface area contributed by atoms with Crippen LogP contribution in [0.4, 0.5) is 0 Å². The van der Waals surface area contributed by atoms with Crippen LogP contribution in [-0.4, -0.2) is 0 Å². The Kier molecular flexibility index (Phi) is 6.57. The van der Waals surface area contributed by atoms with Gasteiger partial charge < -0.3 is 12.4 Å². The lowest BCUT2D eigenvalue weighted by atomic mass is 10.1. The summed E-state index contributed by atoms with van der Waals surface area (Å²) in [5.74, 6) is 0. The summed E-state index contributed by atoms with van der Waals surface area (Å²) < 4.78 is 3.29. The standard InChI is InChI=1S/C20H17BrN.ClH/c21-20-10-8-17(9-11-20)6-7-18-12-14-22(15-13-18)16-19-4-2-1-3-5-19;/h1-15H,16H2;1H/q+1;/p-1/b7-6+;. The lowest BCUT2D eigenvalue weighted by Gasteiger charge is -1.98. The van der Waals surface area contributed by atoms with Crippen molar-refractivity contribution >= 4 is 28.1 Å². The average Bonchev–Trinajstić information content (AvgIpc) is 2.57. The molecule has 0 saturated heterocycles. The van der Waals surface area contributed by atoms with Gasteiger partial charge in [0, 0.05) is 22.2 Å². The predicted molar refractivity (Wildman–Crippen MR) is 95.3 cm³/mol. The van der Waals surface area contributed by atoms with Crippen LogP contribution in [0.15, 0.2) is 83.6 Å². The van der Waals surface area contributed by atoms with Gasteiger partial charge in [-0.05, 0) is 23.3 Å². The van der Waals surface area contributed by atoms with E-state index in [1.807, 2.05) is 6.07 Å². The summed E-state index contributed by atoms with van der Waals surface area (Å²) in [6.45, 7) is 0.900. The molecule has 0 bridgehead atoms. The topological polar surface area (TPSA) is 3.88 Å². The van der Waals surface area contributed by atoms with Gasteiger partial charge in [0.15, 0.2) is 18.9 Å². The highest BCUT2D eigenvalue weighted by atomic mass is 79.9. The Morgan fingerprint density at radius 3 is 1.91 bits per heavy atom. The maximum absolute atomic E-state index is 3.45. The highest BCUT2D eigenvalue weighted by Crippen LogP contribution is 2.13. The second-order valence-electron chi connectivity index (χ2n) is 5.17. The van der Waals surface area contributed by atoms with E-state index in [4.69, 9.17) is 0 Å². The zero-order valence-electron chi connectivity index (χ0n) is 12.6. The highest BCUT2D eigenvalue weighted by molar-refractivity contribution is 9.10. The van der Waals surface area contributed by atoms with Crippen LogP contribution in [0.3, 0.4) is 0 Å². The van der Waals surface area contributed by atoms with Crippen LogP contribution in [0.5, 0.6) is 0 Å². The van der Waals surface area contributed by atoms with Gasteiger partial charge in [0.1, 0.15) is 0 Å². The Hall–Kier alpha value is -1.90. The lowest BCUT2D eigenvalue weighted by molar-refractivity contribution is -0.688. The molecule has 3 aromatic rings. The molecule has 116 valence electrons. The Morgan fingerprint density at radius 1 is 0.739 bits per heavy atom. The molecule has 0 aliphatic rings. The molecule has 0 atom stereocenters. The fraction of sp³-hybridized carbons (Fsp3) is 0.0500. The Morgan fingerprint density at radius 2 is 1.30 bits per heavy atom. The molecule has 0 saturated carbocycles. The van der Waals surface area contributed by atoms with Gasteiger partial charge in [0.2, 0.25) is 0 Å². The first kappa shape index (κ1) is 17.5. The number of hydrogen-bond acceptors (Lipinski definition) is 0. The van der Waals surface area contributed by atoms with Gasteiger partial charge in [0.25, 0.3) is 0 Å². The Balaban J connectivity index is 0.00000192. The zero-order chi connectivity index (χ0) is 15.2. The molecule has 2 aromatic carbocycles. The van der Waals surface area contributed by atoms with Crippen LogP contribution < -0.4 is 17.0 Å². The van der Waals surface area contributed by atoms with Crippen molar-refractivity contribution in [2.45, 2.75) is 6.54 Å². The van der Waals surface area contributed by atoms with Gasteiger partial charge in [-0.25, -0.2) is 4.57 Å². The molecule has 1 aromatic heterocycles. The van der Waals surface area contributed by atoms with Crippen molar-refractivity contribution in [3.05, 3.63) is 100 Å². The first-order valence-electron chi connectivity index (χ1n) is 7.26. The molecule has 0 amide bonds. The zero-order valence-corrected chi connectivity index (χ0v) is 14.9. The molecule has 0 unspecified atom stereocenters. The summed E-state index contributed by atoms with van der Waals surface area (Å²) in [6.07, 6.45) is 8.50. The Labute approximate surface area is 151 Å². The summed E-state index contributed by atoms with van der Waals surface area (Å²) in [4.78, 5) is 0. The first-order valence-corrected chi connectivity index (χ1v) is 8.05. The maximum Gasteiger partial charge on any atom is 0.173 e. The summed E-state index contributed by atoms with van der Waals surface area (Å²) >= 11 is 3.45. The molecule has 0 aliphatic heterocycles. The van der Waals surface area contributed by atoms with E-state index in [-0.39, 0.29) is 12.4 Å². The number of hydrogen-bond donors (Lipinski definition) is 0. The van der Waals surface area contributed by atoms with Crippen molar-refractivity contribution in [3.8, 4) is 0 Å². The summed E-state index contributed by atoms with van der Waals surface area (Å²) in [6, 6.07) is 23.1. The van der Waals surface area contributed by atoms with Gasteiger partial charge >= 0.3 is 0 Å².